The molecule has 0 saturated heterocycles. The topological polar surface area (TPSA) is 90.9 Å². The number of hydrogen-bond donors (Lipinski definition) is 1. The van der Waals surface area contributed by atoms with Gasteiger partial charge in [-0.25, -0.2) is 18.5 Å². The third-order valence-corrected chi connectivity index (χ3v) is 5.41. The van der Waals surface area contributed by atoms with E-state index in [0.717, 1.165) is 34.3 Å². The zero-order valence-corrected chi connectivity index (χ0v) is 15.3. The van der Waals surface area contributed by atoms with Gasteiger partial charge in [-0.15, -0.1) is 0 Å². The second kappa shape index (κ2) is 6.94. The molecule has 2 heterocycles. The number of nitrogens with two attached hydrogens (primary N) is 1. The van der Waals surface area contributed by atoms with Crippen LogP contribution in [0.2, 0.25) is 0 Å². The minimum absolute atomic E-state index is 0.122. The van der Waals surface area contributed by atoms with Crippen molar-refractivity contribution in [3.8, 4) is 11.4 Å². The van der Waals surface area contributed by atoms with Crippen LogP contribution in [0.5, 0.6) is 0 Å². The highest BCUT2D eigenvalue weighted by Crippen LogP contribution is 2.26. The molecule has 0 spiro atoms. The molecule has 0 bridgehead atoms. The molecule has 7 heteroatoms. The maximum Gasteiger partial charge on any atom is 0.238 e. The molecule has 27 heavy (non-hydrogen) atoms. The van der Waals surface area contributed by atoms with E-state index in [9.17, 15) is 8.42 Å². The van der Waals surface area contributed by atoms with E-state index in [1.807, 2.05) is 36.5 Å². The molecule has 4 rings (SSSR count). The summed E-state index contributed by atoms with van der Waals surface area (Å²) >= 11 is 0. The Bertz CT molecular complexity index is 1190. The van der Waals surface area contributed by atoms with Crippen LogP contribution in [0.4, 0.5) is 0 Å². The minimum Gasteiger partial charge on any atom is -0.331 e. The quantitative estimate of drug-likeness (QED) is 0.578. The summed E-state index contributed by atoms with van der Waals surface area (Å²) < 4.78 is 24.8. The van der Waals surface area contributed by atoms with E-state index in [4.69, 9.17) is 5.14 Å². The largest absolute Gasteiger partial charge is 0.331 e. The number of hydrogen-bond acceptors (Lipinski definition) is 4. The van der Waals surface area contributed by atoms with Gasteiger partial charge in [0.25, 0.3) is 0 Å². The first-order valence-corrected chi connectivity index (χ1v) is 10.0. The van der Waals surface area contributed by atoms with E-state index in [2.05, 4.69) is 14.5 Å². The molecule has 6 nitrogen and oxygen atoms in total. The SMILES string of the molecule is NS(=O)(=O)c1ccc(CCn2ccnc2-c2cccc3cccnc23)cc1. The van der Waals surface area contributed by atoms with Gasteiger partial charge in [0.15, 0.2) is 0 Å². The Hall–Kier alpha value is -3.03. The van der Waals surface area contributed by atoms with Crippen LogP contribution in [0.15, 0.2) is 78.1 Å². The first-order valence-electron chi connectivity index (χ1n) is 8.49. The van der Waals surface area contributed by atoms with Crippen LogP contribution in [-0.2, 0) is 23.0 Å². The van der Waals surface area contributed by atoms with Gasteiger partial charge in [-0.3, -0.25) is 4.98 Å². The highest BCUT2D eigenvalue weighted by Gasteiger charge is 2.11. The molecule has 0 aliphatic carbocycles. The lowest BCUT2D eigenvalue weighted by Crippen LogP contribution is -2.12. The van der Waals surface area contributed by atoms with E-state index < -0.39 is 10.0 Å². The monoisotopic (exact) mass is 378 g/mol. The number of imidazole rings is 1. The molecule has 2 N–H and O–H groups in total. The summed E-state index contributed by atoms with van der Waals surface area (Å²) in [5.41, 5.74) is 2.94. The molecule has 0 unspecified atom stereocenters. The summed E-state index contributed by atoms with van der Waals surface area (Å²) in [6.07, 6.45) is 6.25. The van der Waals surface area contributed by atoms with Gasteiger partial charge in [0.2, 0.25) is 10.0 Å². The fourth-order valence-corrected chi connectivity index (χ4v) is 3.63. The normalized spacial score (nSPS) is 11.7. The molecule has 0 aliphatic rings. The molecule has 0 fully saturated rings. The van der Waals surface area contributed by atoms with Crippen molar-refractivity contribution in [3.63, 3.8) is 0 Å². The second-order valence-electron chi connectivity index (χ2n) is 6.26. The number of benzene rings is 2. The van der Waals surface area contributed by atoms with E-state index in [1.165, 1.54) is 12.1 Å². The van der Waals surface area contributed by atoms with Crippen molar-refractivity contribution in [2.45, 2.75) is 17.9 Å². The smallest absolute Gasteiger partial charge is 0.238 e. The molecule has 4 aromatic rings. The third-order valence-electron chi connectivity index (χ3n) is 4.48. The summed E-state index contributed by atoms with van der Waals surface area (Å²) in [4.78, 5) is 9.15. The van der Waals surface area contributed by atoms with Crippen LogP contribution in [0, 0.1) is 0 Å². The number of nitrogens with zero attached hydrogens (tertiary/aromatic N) is 3. The van der Waals surface area contributed by atoms with Gasteiger partial charge in [-0.2, -0.15) is 0 Å². The first kappa shape index (κ1) is 17.4. The van der Waals surface area contributed by atoms with Crippen molar-refractivity contribution in [2.75, 3.05) is 0 Å². The Morgan fingerprint density at radius 1 is 0.926 bits per heavy atom. The second-order valence-corrected chi connectivity index (χ2v) is 7.83. The van der Waals surface area contributed by atoms with E-state index >= 15 is 0 Å². The predicted octanol–water partition coefficient (Wildman–Crippen LogP) is 2.99. The van der Waals surface area contributed by atoms with Crippen molar-refractivity contribution in [1.82, 2.24) is 14.5 Å². The molecule has 0 aliphatic heterocycles. The molecular formula is C20H18N4O2S. The molecule has 0 atom stereocenters. The molecular weight excluding hydrogens is 360 g/mol. The van der Waals surface area contributed by atoms with Gasteiger partial charge in [0.1, 0.15) is 5.82 Å². The average molecular weight is 378 g/mol. The first-order chi connectivity index (χ1) is 13.0. The maximum atomic E-state index is 11.4. The van der Waals surface area contributed by atoms with Gasteiger partial charge >= 0.3 is 0 Å². The van der Waals surface area contributed by atoms with Gasteiger partial charge in [0.05, 0.1) is 10.4 Å². The van der Waals surface area contributed by atoms with Crippen LogP contribution >= 0.6 is 0 Å². The zero-order valence-electron chi connectivity index (χ0n) is 14.5. The summed E-state index contributed by atoms with van der Waals surface area (Å²) in [5.74, 6) is 0.862. The number of aryl methyl sites for hydroxylation is 2. The lowest BCUT2D eigenvalue weighted by atomic mass is 10.1. The number of fused-ring (bicyclic) bond motifs is 1. The minimum atomic E-state index is -3.66. The molecule has 2 aromatic carbocycles. The number of sulfonamides is 1. The summed E-state index contributed by atoms with van der Waals surface area (Å²) in [6, 6.07) is 16.7. The Morgan fingerprint density at radius 3 is 2.48 bits per heavy atom. The standard InChI is InChI=1S/C20H18N4O2S/c21-27(25,26)17-8-6-15(7-9-17)10-13-24-14-12-23-20(24)18-5-1-3-16-4-2-11-22-19(16)18/h1-9,11-12,14H,10,13H2,(H2,21,25,26). The van der Waals surface area contributed by atoms with Crippen molar-refractivity contribution in [2.24, 2.45) is 5.14 Å². The predicted molar refractivity (Wildman–Crippen MR) is 104 cm³/mol. The van der Waals surface area contributed by atoms with Crippen molar-refractivity contribution < 1.29 is 8.42 Å². The fraction of sp³-hybridized carbons (Fsp3) is 0.100. The third kappa shape index (κ3) is 3.60. The Balaban J connectivity index is 1.59. The molecule has 0 amide bonds. The van der Waals surface area contributed by atoms with Crippen molar-refractivity contribution in [1.29, 1.82) is 0 Å². The fourth-order valence-electron chi connectivity index (χ4n) is 3.11. The lowest BCUT2D eigenvalue weighted by Gasteiger charge is -2.10. The highest BCUT2D eigenvalue weighted by molar-refractivity contribution is 7.89. The van der Waals surface area contributed by atoms with Crippen LogP contribution in [-0.4, -0.2) is 23.0 Å². The van der Waals surface area contributed by atoms with E-state index in [-0.39, 0.29) is 4.90 Å². The Morgan fingerprint density at radius 2 is 1.70 bits per heavy atom. The maximum absolute atomic E-state index is 11.4. The van der Waals surface area contributed by atoms with Gasteiger partial charge < -0.3 is 4.57 Å². The van der Waals surface area contributed by atoms with E-state index in [1.54, 1.807) is 24.5 Å². The van der Waals surface area contributed by atoms with E-state index in [0.29, 0.717) is 6.54 Å². The van der Waals surface area contributed by atoms with Crippen molar-refractivity contribution >= 4 is 20.9 Å². The van der Waals surface area contributed by atoms with Crippen LogP contribution < -0.4 is 5.14 Å². The number of aromatic nitrogens is 3. The summed E-state index contributed by atoms with van der Waals surface area (Å²) in [7, 11) is -3.66. The number of para-hydroxylation sites is 1. The van der Waals surface area contributed by atoms with Gasteiger partial charge in [-0.1, -0.05) is 30.3 Å². The number of pyridine rings is 1. The van der Waals surface area contributed by atoms with Crippen LogP contribution in [0.3, 0.4) is 0 Å². The zero-order chi connectivity index (χ0) is 18.9. The Labute approximate surface area is 157 Å². The number of rotatable bonds is 5. The lowest BCUT2D eigenvalue weighted by molar-refractivity contribution is 0.597. The van der Waals surface area contributed by atoms with Gasteiger partial charge in [-0.05, 0) is 36.2 Å². The summed E-state index contributed by atoms with van der Waals surface area (Å²) in [5, 5.41) is 6.21. The molecule has 136 valence electrons. The van der Waals surface area contributed by atoms with Crippen LogP contribution in [0.25, 0.3) is 22.3 Å². The highest BCUT2D eigenvalue weighted by atomic mass is 32.2. The Kier molecular flexibility index (Phi) is 4.47. The van der Waals surface area contributed by atoms with Gasteiger partial charge in [0, 0.05) is 36.1 Å². The summed E-state index contributed by atoms with van der Waals surface area (Å²) in [6.45, 7) is 0.716. The average Bonchev–Trinajstić information content (AvgIpc) is 3.14. The van der Waals surface area contributed by atoms with Crippen LogP contribution in [0.1, 0.15) is 5.56 Å². The molecule has 0 radical (unpaired) electrons. The molecule has 2 aromatic heterocycles. The van der Waals surface area contributed by atoms with Crippen molar-refractivity contribution in [3.05, 3.63) is 78.8 Å². The number of primary sulfonamides is 1. The molecule has 0 saturated carbocycles.